The maximum atomic E-state index is 12.6. The molecule has 0 aromatic carbocycles. The number of carbonyl (C=O) groups is 1. The molecule has 2 saturated heterocycles. The summed E-state index contributed by atoms with van der Waals surface area (Å²) in [6.07, 6.45) is 2.07. The second-order valence-corrected chi connectivity index (χ2v) is 7.79. The Kier molecular flexibility index (Phi) is 6.14. The Morgan fingerprint density at radius 3 is 2.65 bits per heavy atom. The number of amides is 1. The first-order valence-corrected chi connectivity index (χ1v) is 9.77. The molecule has 3 heterocycles. The molecule has 0 N–H and O–H groups in total. The van der Waals surface area contributed by atoms with Crippen molar-refractivity contribution in [3.8, 4) is 0 Å². The van der Waals surface area contributed by atoms with Crippen LogP contribution in [0.1, 0.15) is 44.1 Å². The molecule has 0 unspecified atom stereocenters. The lowest BCUT2D eigenvalue weighted by Crippen LogP contribution is -2.44. The standard InChI is InChI=1S/C20H32N4O2/c1-15(2)26-14-20(25)24-7-5-6-19(24)18-13-17(12-16(3)21-18)23-10-8-22(4)9-11-23/h12-13,15,19H,5-11,14H2,1-4H3/t19-/m0/s1. The average molecular weight is 361 g/mol. The molecule has 0 bridgehead atoms. The van der Waals surface area contributed by atoms with Gasteiger partial charge in [0.05, 0.1) is 17.8 Å². The number of rotatable bonds is 5. The highest BCUT2D eigenvalue weighted by Gasteiger charge is 2.31. The van der Waals surface area contributed by atoms with Crippen LogP contribution in [0.25, 0.3) is 0 Å². The van der Waals surface area contributed by atoms with Crippen molar-refractivity contribution < 1.29 is 9.53 Å². The molecule has 6 nitrogen and oxygen atoms in total. The van der Waals surface area contributed by atoms with E-state index in [1.165, 1.54) is 5.69 Å². The first-order valence-electron chi connectivity index (χ1n) is 9.77. The largest absolute Gasteiger partial charge is 0.369 e. The summed E-state index contributed by atoms with van der Waals surface area (Å²) >= 11 is 0. The number of ether oxygens (including phenoxy) is 1. The molecule has 6 heteroatoms. The summed E-state index contributed by atoms with van der Waals surface area (Å²) in [6.45, 7) is 11.2. The van der Waals surface area contributed by atoms with Crippen molar-refractivity contribution in [2.75, 3.05) is 51.3 Å². The number of carbonyl (C=O) groups excluding carboxylic acids is 1. The van der Waals surface area contributed by atoms with Crippen molar-refractivity contribution in [1.82, 2.24) is 14.8 Å². The molecule has 2 aliphatic rings. The average Bonchev–Trinajstić information content (AvgIpc) is 3.09. The molecule has 3 rings (SSSR count). The van der Waals surface area contributed by atoms with E-state index < -0.39 is 0 Å². The van der Waals surface area contributed by atoms with E-state index in [2.05, 4.69) is 29.0 Å². The molecular formula is C20H32N4O2. The zero-order valence-electron chi connectivity index (χ0n) is 16.6. The van der Waals surface area contributed by atoms with E-state index in [1.54, 1.807) is 0 Å². The quantitative estimate of drug-likeness (QED) is 0.806. The third-order valence-electron chi connectivity index (χ3n) is 5.28. The fraction of sp³-hybridized carbons (Fsp3) is 0.700. The Bertz CT molecular complexity index is 626. The van der Waals surface area contributed by atoms with Gasteiger partial charge in [-0.2, -0.15) is 0 Å². The molecular weight excluding hydrogens is 328 g/mol. The van der Waals surface area contributed by atoms with E-state index in [1.807, 2.05) is 25.7 Å². The van der Waals surface area contributed by atoms with Gasteiger partial charge in [-0.25, -0.2) is 0 Å². The number of aromatic nitrogens is 1. The maximum absolute atomic E-state index is 12.6. The number of hydrogen-bond donors (Lipinski definition) is 0. The summed E-state index contributed by atoms with van der Waals surface area (Å²) in [5.74, 6) is 0.0747. The van der Waals surface area contributed by atoms with Crippen LogP contribution >= 0.6 is 0 Å². The number of pyridine rings is 1. The van der Waals surface area contributed by atoms with Crippen molar-refractivity contribution >= 4 is 11.6 Å². The zero-order valence-corrected chi connectivity index (χ0v) is 16.6. The van der Waals surface area contributed by atoms with Gasteiger partial charge in [-0.15, -0.1) is 0 Å². The van der Waals surface area contributed by atoms with E-state index in [9.17, 15) is 4.79 Å². The Balaban J connectivity index is 1.76. The zero-order chi connectivity index (χ0) is 18.7. The highest BCUT2D eigenvalue weighted by molar-refractivity contribution is 5.78. The van der Waals surface area contributed by atoms with Gasteiger partial charge >= 0.3 is 0 Å². The van der Waals surface area contributed by atoms with Gasteiger partial charge in [-0.1, -0.05) is 0 Å². The topological polar surface area (TPSA) is 48.9 Å². The van der Waals surface area contributed by atoms with Gasteiger partial charge in [-0.05, 0) is 52.8 Å². The van der Waals surface area contributed by atoms with Gasteiger partial charge in [0.2, 0.25) is 5.91 Å². The maximum Gasteiger partial charge on any atom is 0.249 e. The normalized spacial score (nSPS) is 21.7. The van der Waals surface area contributed by atoms with Crippen LogP contribution in [0.3, 0.4) is 0 Å². The summed E-state index contributed by atoms with van der Waals surface area (Å²) in [7, 11) is 2.17. The fourth-order valence-electron chi connectivity index (χ4n) is 3.79. The van der Waals surface area contributed by atoms with Crippen LogP contribution in [0.5, 0.6) is 0 Å². The molecule has 0 aliphatic carbocycles. The lowest BCUT2D eigenvalue weighted by molar-refractivity contribution is -0.138. The molecule has 1 aromatic rings. The Hall–Kier alpha value is -1.66. The van der Waals surface area contributed by atoms with Crippen LogP contribution in [0.15, 0.2) is 12.1 Å². The SMILES string of the molecule is Cc1cc(N2CCN(C)CC2)cc([C@@H]2CCCN2C(=O)COC(C)C)n1. The van der Waals surface area contributed by atoms with Crippen molar-refractivity contribution in [1.29, 1.82) is 0 Å². The monoisotopic (exact) mass is 360 g/mol. The van der Waals surface area contributed by atoms with E-state index in [-0.39, 0.29) is 24.7 Å². The third kappa shape index (κ3) is 4.54. The smallest absolute Gasteiger partial charge is 0.249 e. The summed E-state index contributed by atoms with van der Waals surface area (Å²) in [5, 5.41) is 0. The van der Waals surface area contributed by atoms with E-state index >= 15 is 0 Å². The Morgan fingerprint density at radius 1 is 1.23 bits per heavy atom. The first-order chi connectivity index (χ1) is 12.4. The lowest BCUT2D eigenvalue weighted by atomic mass is 10.1. The number of piperazine rings is 1. The van der Waals surface area contributed by atoms with Crippen LogP contribution in [0, 0.1) is 6.92 Å². The second kappa shape index (κ2) is 8.35. The van der Waals surface area contributed by atoms with Crippen LogP contribution in [-0.2, 0) is 9.53 Å². The van der Waals surface area contributed by atoms with Gasteiger partial charge in [0.15, 0.2) is 0 Å². The summed E-state index contributed by atoms with van der Waals surface area (Å²) < 4.78 is 5.53. The van der Waals surface area contributed by atoms with Crippen molar-refractivity contribution in [3.05, 3.63) is 23.5 Å². The van der Waals surface area contributed by atoms with Crippen LogP contribution in [0.2, 0.25) is 0 Å². The third-order valence-corrected chi connectivity index (χ3v) is 5.28. The fourth-order valence-corrected chi connectivity index (χ4v) is 3.79. The van der Waals surface area contributed by atoms with Gasteiger partial charge < -0.3 is 19.4 Å². The Morgan fingerprint density at radius 2 is 1.96 bits per heavy atom. The van der Waals surface area contributed by atoms with E-state index in [4.69, 9.17) is 9.72 Å². The molecule has 2 fully saturated rings. The van der Waals surface area contributed by atoms with E-state index in [0.717, 1.165) is 57.0 Å². The molecule has 0 radical (unpaired) electrons. The Labute approximate surface area is 157 Å². The van der Waals surface area contributed by atoms with Crippen molar-refractivity contribution in [2.24, 2.45) is 0 Å². The minimum Gasteiger partial charge on any atom is -0.369 e. The highest BCUT2D eigenvalue weighted by atomic mass is 16.5. The molecule has 1 amide bonds. The predicted molar refractivity (Wildman–Crippen MR) is 103 cm³/mol. The second-order valence-electron chi connectivity index (χ2n) is 7.79. The molecule has 0 saturated carbocycles. The molecule has 0 spiro atoms. The van der Waals surface area contributed by atoms with Gasteiger partial charge in [0, 0.05) is 44.1 Å². The van der Waals surface area contributed by atoms with Gasteiger partial charge in [-0.3, -0.25) is 9.78 Å². The lowest BCUT2D eigenvalue weighted by Gasteiger charge is -2.34. The molecule has 2 aliphatic heterocycles. The molecule has 1 atom stereocenters. The summed E-state index contributed by atoms with van der Waals surface area (Å²) in [4.78, 5) is 24.1. The van der Waals surface area contributed by atoms with Crippen LogP contribution < -0.4 is 4.90 Å². The van der Waals surface area contributed by atoms with Crippen molar-refractivity contribution in [2.45, 2.75) is 45.8 Å². The van der Waals surface area contributed by atoms with Gasteiger partial charge in [0.25, 0.3) is 0 Å². The number of hydrogen-bond acceptors (Lipinski definition) is 5. The number of nitrogens with zero attached hydrogens (tertiary/aromatic N) is 4. The minimum atomic E-state index is 0.0703. The van der Waals surface area contributed by atoms with E-state index in [0.29, 0.717) is 0 Å². The number of likely N-dealkylation sites (tertiary alicyclic amines) is 1. The minimum absolute atomic E-state index is 0.0703. The van der Waals surface area contributed by atoms with Crippen LogP contribution in [0.4, 0.5) is 5.69 Å². The van der Waals surface area contributed by atoms with Crippen LogP contribution in [-0.4, -0.2) is 73.2 Å². The van der Waals surface area contributed by atoms with Crippen molar-refractivity contribution in [3.63, 3.8) is 0 Å². The molecule has 1 aromatic heterocycles. The summed E-state index contributed by atoms with van der Waals surface area (Å²) in [6, 6.07) is 4.43. The predicted octanol–water partition coefficient (Wildman–Crippen LogP) is 2.23. The van der Waals surface area contributed by atoms with Gasteiger partial charge in [0.1, 0.15) is 6.61 Å². The molecule has 144 valence electrons. The number of aryl methyl sites for hydroxylation is 1. The first kappa shape index (κ1) is 19.1. The summed E-state index contributed by atoms with van der Waals surface area (Å²) in [5.41, 5.74) is 3.28. The number of anilines is 1. The number of likely N-dealkylation sites (N-methyl/N-ethyl adjacent to an activating group) is 1. The molecule has 26 heavy (non-hydrogen) atoms. The highest BCUT2D eigenvalue weighted by Crippen LogP contribution is 2.33.